The Bertz CT molecular complexity index is 1040. The van der Waals surface area contributed by atoms with Crippen molar-refractivity contribution in [3.63, 3.8) is 0 Å². The number of hydrogen-bond acceptors (Lipinski definition) is 7. The maximum absolute atomic E-state index is 12.9. The topological polar surface area (TPSA) is 94.1 Å². The van der Waals surface area contributed by atoms with Crippen LogP contribution in [0.25, 0.3) is 0 Å². The van der Waals surface area contributed by atoms with Gasteiger partial charge in [-0.2, -0.15) is 13.2 Å². The van der Waals surface area contributed by atoms with Crippen molar-refractivity contribution in [1.29, 1.82) is 0 Å². The van der Waals surface area contributed by atoms with Crippen LogP contribution in [0.3, 0.4) is 0 Å². The van der Waals surface area contributed by atoms with Crippen molar-refractivity contribution >= 4 is 17.7 Å². The highest BCUT2D eigenvalue weighted by Gasteiger charge is 2.40. The van der Waals surface area contributed by atoms with Gasteiger partial charge in [-0.3, -0.25) is 14.2 Å². The molecule has 2 aliphatic heterocycles. The molecular weight excluding hydrogens is 423 g/mol. The summed E-state index contributed by atoms with van der Waals surface area (Å²) in [4.78, 5) is 31.6. The minimum Gasteiger partial charge on any atom is -0.417 e. The van der Waals surface area contributed by atoms with E-state index in [0.29, 0.717) is 41.6 Å². The SMILES string of the molecule is Cc1nc2n(c(=O)c1C)[C@@H](CC(=O)N1CCC[C@@H](c3nnc(C(F)(F)F)o3)C1)CS2. The number of carbonyl (C=O) groups is 1. The predicted octanol–water partition coefficient (Wildman–Crippen LogP) is 2.71. The molecule has 162 valence electrons. The summed E-state index contributed by atoms with van der Waals surface area (Å²) in [6.07, 6.45) is -3.38. The normalized spacial score (nSPS) is 21.7. The third-order valence-corrected chi connectivity index (χ3v) is 6.64. The lowest BCUT2D eigenvalue weighted by atomic mass is 9.97. The summed E-state index contributed by atoms with van der Waals surface area (Å²) in [5, 5.41) is 7.22. The van der Waals surface area contributed by atoms with Crippen LogP contribution in [0.15, 0.2) is 14.4 Å². The summed E-state index contributed by atoms with van der Waals surface area (Å²) in [6.45, 7) is 4.22. The number of amides is 1. The fourth-order valence-electron chi connectivity index (χ4n) is 3.77. The van der Waals surface area contributed by atoms with Crippen molar-refractivity contribution in [2.75, 3.05) is 18.8 Å². The number of halogens is 3. The highest BCUT2D eigenvalue weighted by molar-refractivity contribution is 7.99. The van der Waals surface area contributed by atoms with E-state index < -0.39 is 18.0 Å². The number of carbonyl (C=O) groups excluding carboxylic acids is 1. The molecule has 0 aromatic carbocycles. The highest BCUT2D eigenvalue weighted by Crippen LogP contribution is 2.35. The second-order valence-electron chi connectivity index (χ2n) is 7.57. The first kappa shape index (κ1) is 20.9. The van der Waals surface area contributed by atoms with Crippen molar-refractivity contribution in [2.24, 2.45) is 0 Å². The second kappa shape index (κ2) is 7.71. The van der Waals surface area contributed by atoms with Gasteiger partial charge in [0.1, 0.15) is 0 Å². The van der Waals surface area contributed by atoms with Gasteiger partial charge in [0.15, 0.2) is 5.16 Å². The Morgan fingerprint density at radius 1 is 1.30 bits per heavy atom. The molecule has 2 aliphatic rings. The molecule has 2 atom stereocenters. The maximum Gasteiger partial charge on any atom is 0.470 e. The second-order valence-corrected chi connectivity index (χ2v) is 8.56. The summed E-state index contributed by atoms with van der Waals surface area (Å²) in [5.74, 6) is -1.50. The van der Waals surface area contributed by atoms with Gasteiger partial charge >= 0.3 is 12.1 Å². The van der Waals surface area contributed by atoms with Crippen LogP contribution < -0.4 is 5.56 Å². The van der Waals surface area contributed by atoms with Gasteiger partial charge in [-0.15, -0.1) is 10.2 Å². The molecular formula is C18H20F3N5O3S. The fraction of sp³-hybridized carbons (Fsp3) is 0.611. The van der Waals surface area contributed by atoms with Crippen LogP contribution in [0, 0.1) is 13.8 Å². The molecule has 2 aromatic rings. The lowest BCUT2D eigenvalue weighted by Gasteiger charge is -2.32. The Morgan fingerprint density at radius 3 is 2.77 bits per heavy atom. The maximum atomic E-state index is 12.9. The van der Waals surface area contributed by atoms with Gasteiger partial charge in [0.05, 0.1) is 12.0 Å². The molecule has 1 amide bonds. The Balaban J connectivity index is 1.46. The van der Waals surface area contributed by atoms with Crippen molar-refractivity contribution in [3.8, 4) is 0 Å². The highest BCUT2D eigenvalue weighted by atomic mass is 32.2. The zero-order valence-electron chi connectivity index (χ0n) is 16.4. The molecule has 0 bridgehead atoms. The quantitative estimate of drug-likeness (QED) is 0.674. The molecule has 0 saturated carbocycles. The van der Waals surface area contributed by atoms with E-state index in [9.17, 15) is 22.8 Å². The molecule has 4 rings (SSSR count). The lowest BCUT2D eigenvalue weighted by molar-refractivity contribution is -0.157. The van der Waals surface area contributed by atoms with Crippen LogP contribution >= 0.6 is 11.8 Å². The zero-order chi connectivity index (χ0) is 21.6. The van der Waals surface area contributed by atoms with Gasteiger partial charge in [-0.1, -0.05) is 11.8 Å². The third kappa shape index (κ3) is 3.84. The summed E-state index contributed by atoms with van der Waals surface area (Å²) in [7, 11) is 0. The van der Waals surface area contributed by atoms with Crippen LogP contribution in [-0.4, -0.2) is 49.4 Å². The molecule has 0 aliphatic carbocycles. The number of nitrogens with zero attached hydrogens (tertiary/aromatic N) is 5. The molecule has 0 N–H and O–H groups in total. The first-order valence-corrected chi connectivity index (χ1v) is 10.5. The first-order valence-electron chi connectivity index (χ1n) is 9.56. The number of fused-ring (bicyclic) bond motifs is 1. The molecule has 0 radical (unpaired) electrons. The summed E-state index contributed by atoms with van der Waals surface area (Å²) in [6, 6.07) is -0.294. The average Bonchev–Trinajstić information content (AvgIpc) is 3.34. The van der Waals surface area contributed by atoms with Gasteiger partial charge in [0, 0.05) is 36.5 Å². The van der Waals surface area contributed by atoms with E-state index in [0.717, 1.165) is 0 Å². The van der Waals surface area contributed by atoms with Crippen LogP contribution in [0.5, 0.6) is 0 Å². The molecule has 12 heteroatoms. The van der Waals surface area contributed by atoms with E-state index in [1.165, 1.54) is 11.8 Å². The Morgan fingerprint density at radius 2 is 2.07 bits per heavy atom. The van der Waals surface area contributed by atoms with Gasteiger partial charge in [-0.05, 0) is 26.7 Å². The summed E-state index contributed by atoms with van der Waals surface area (Å²) in [5.41, 5.74) is 1.11. The number of aromatic nitrogens is 4. The van der Waals surface area contributed by atoms with Gasteiger partial charge < -0.3 is 9.32 Å². The van der Waals surface area contributed by atoms with Crippen molar-refractivity contribution < 1.29 is 22.4 Å². The van der Waals surface area contributed by atoms with E-state index in [-0.39, 0.29) is 36.4 Å². The molecule has 2 aromatic heterocycles. The fourth-order valence-corrected chi connectivity index (χ4v) is 4.95. The van der Waals surface area contributed by atoms with Crippen molar-refractivity contribution in [1.82, 2.24) is 24.6 Å². The third-order valence-electron chi connectivity index (χ3n) is 5.54. The van der Waals surface area contributed by atoms with Crippen molar-refractivity contribution in [3.05, 3.63) is 33.4 Å². The number of alkyl halides is 3. The Hall–Kier alpha value is -2.37. The molecule has 30 heavy (non-hydrogen) atoms. The molecule has 4 heterocycles. The lowest BCUT2D eigenvalue weighted by Crippen LogP contribution is -2.40. The van der Waals surface area contributed by atoms with Crippen LogP contribution in [-0.2, 0) is 11.0 Å². The number of hydrogen-bond donors (Lipinski definition) is 0. The number of likely N-dealkylation sites (tertiary alicyclic amines) is 1. The number of aryl methyl sites for hydroxylation is 1. The van der Waals surface area contributed by atoms with Crippen LogP contribution in [0.1, 0.15) is 54.3 Å². The van der Waals surface area contributed by atoms with E-state index in [2.05, 4.69) is 15.2 Å². The minimum absolute atomic E-state index is 0.104. The number of thioether (sulfide) groups is 1. The Labute approximate surface area is 173 Å². The smallest absolute Gasteiger partial charge is 0.417 e. The number of rotatable bonds is 3. The van der Waals surface area contributed by atoms with E-state index >= 15 is 0 Å². The number of piperidine rings is 1. The van der Waals surface area contributed by atoms with E-state index in [1.54, 1.807) is 23.3 Å². The van der Waals surface area contributed by atoms with Crippen molar-refractivity contribution in [2.45, 2.75) is 56.4 Å². The zero-order valence-corrected chi connectivity index (χ0v) is 17.2. The monoisotopic (exact) mass is 443 g/mol. The molecule has 0 spiro atoms. The standard InChI is InChI=1S/C18H20F3N5O3S/c1-9-10(2)22-17-26(15(9)28)12(8-30-17)6-13(27)25-5-3-4-11(7-25)14-23-24-16(29-14)18(19,20)21/h11-12H,3-8H2,1-2H3/t11-,12+/m1/s1. The molecule has 8 nitrogen and oxygen atoms in total. The summed E-state index contributed by atoms with van der Waals surface area (Å²) < 4.78 is 44.5. The largest absolute Gasteiger partial charge is 0.470 e. The van der Waals surface area contributed by atoms with Crippen LogP contribution in [0.4, 0.5) is 13.2 Å². The first-order chi connectivity index (χ1) is 14.1. The Kier molecular flexibility index (Phi) is 5.37. The molecule has 1 fully saturated rings. The summed E-state index contributed by atoms with van der Waals surface area (Å²) >= 11 is 1.45. The predicted molar refractivity (Wildman–Crippen MR) is 100 cm³/mol. The molecule has 0 unspecified atom stereocenters. The van der Waals surface area contributed by atoms with Gasteiger partial charge in [-0.25, -0.2) is 4.98 Å². The van der Waals surface area contributed by atoms with E-state index in [4.69, 9.17) is 4.42 Å². The van der Waals surface area contributed by atoms with E-state index in [1.807, 2.05) is 0 Å². The minimum atomic E-state index is -4.69. The van der Waals surface area contributed by atoms with Gasteiger partial charge in [0.25, 0.3) is 5.56 Å². The van der Waals surface area contributed by atoms with Crippen LogP contribution in [0.2, 0.25) is 0 Å². The average molecular weight is 443 g/mol. The van der Waals surface area contributed by atoms with Gasteiger partial charge in [0.2, 0.25) is 11.8 Å². The molecule has 1 saturated heterocycles.